The molecule has 0 radical (unpaired) electrons. The number of aliphatic hydroxyl groups excluding tert-OH is 1. The maximum absolute atomic E-state index is 11.9. The van der Waals surface area contributed by atoms with Crippen molar-refractivity contribution in [2.24, 2.45) is 0 Å². The van der Waals surface area contributed by atoms with Crippen LogP contribution in [0.1, 0.15) is 38.0 Å². The molecule has 2 N–H and O–H groups in total. The van der Waals surface area contributed by atoms with Crippen LogP contribution in [0, 0.1) is 0 Å². The molecule has 116 valence electrons. The topological polar surface area (TPSA) is 84.3 Å². The van der Waals surface area contributed by atoms with Gasteiger partial charge in [0, 0.05) is 5.56 Å². The van der Waals surface area contributed by atoms with Crippen LogP contribution in [0.25, 0.3) is 0 Å². The molecule has 0 fully saturated rings. The largest absolute Gasteiger partial charge is 0.444 e. The molecule has 0 spiro atoms. The summed E-state index contributed by atoms with van der Waals surface area (Å²) >= 11 is 0. The van der Waals surface area contributed by atoms with Crippen LogP contribution in [0.4, 0.5) is 10.5 Å². The standard InChI is InChI=1S/C16H19N3O3/c1-16(2,3)22-15(21)19-13-10-18-17-9-12(13)14(20)11-7-5-4-6-8-11/h4-10,14,20H,1-3H3,(H,17,19,21). The Balaban J connectivity index is 2.22. The van der Waals surface area contributed by atoms with E-state index in [1.54, 1.807) is 32.9 Å². The van der Waals surface area contributed by atoms with Gasteiger partial charge in [-0.25, -0.2) is 4.79 Å². The van der Waals surface area contributed by atoms with Gasteiger partial charge in [-0.05, 0) is 26.3 Å². The first-order valence-corrected chi connectivity index (χ1v) is 6.90. The third kappa shape index (κ3) is 4.26. The van der Waals surface area contributed by atoms with E-state index in [9.17, 15) is 9.90 Å². The van der Waals surface area contributed by atoms with Crippen LogP contribution in [0.3, 0.4) is 0 Å². The zero-order chi connectivity index (χ0) is 16.2. The van der Waals surface area contributed by atoms with Crippen LogP contribution in [-0.2, 0) is 4.74 Å². The number of carbonyl (C=O) groups is 1. The summed E-state index contributed by atoms with van der Waals surface area (Å²) in [6, 6.07) is 9.11. The number of aliphatic hydroxyl groups is 1. The fourth-order valence-corrected chi connectivity index (χ4v) is 1.88. The summed E-state index contributed by atoms with van der Waals surface area (Å²) in [4.78, 5) is 11.9. The first kappa shape index (κ1) is 15.9. The van der Waals surface area contributed by atoms with Crippen molar-refractivity contribution in [1.29, 1.82) is 0 Å². The molecule has 0 bridgehead atoms. The first-order chi connectivity index (χ1) is 10.4. The minimum Gasteiger partial charge on any atom is -0.444 e. The number of rotatable bonds is 3. The molecule has 0 saturated heterocycles. The predicted molar refractivity (Wildman–Crippen MR) is 82.4 cm³/mol. The van der Waals surface area contributed by atoms with E-state index >= 15 is 0 Å². The number of carbonyl (C=O) groups excluding carboxylic acids is 1. The molecule has 22 heavy (non-hydrogen) atoms. The first-order valence-electron chi connectivity index (χ1n) is 6.90. The van der Waals surface area contributed by atoms with Crippen molar-refractivity contribution in [3.05, 3.63) is 53.9 Å². The summed E-state index contributed by atoms with van der Waals surface area (Å²) in [5, 5.41) is 20.6. The van der Waals surface area contributed by atoms with Crippen LogP contribution >= 0.6 is 0 Å². The van der Waals surface area contributed by atoms with E-state index in [0.29, 0.717) is 16.8 Å². The van der Waals surface area contributed by atoms with Crippen molar-refractivity contribution in [3.63, 3.8) is 0 Å². The van der Waals surface area contributed by atoms with E-state index < -0.39 is 17.8 Å². The van der Waals surface area contributed by atoms with Gasteiger partial charge >= 0.3 is 6.09 Å². The van der Waals surface area contributed by atoms with Gasteiger partial charge in [0.25, 0.3) is 0 Å². The molecule has 6 nitrogen and oxygen atoms in total. The van der Waals surface area contributed by atoms with Gasteiger partial charge in [-0.15, -0.1) is 0 Å². The van der Waals surface area contributed by atoms with Crippen LogP contribution in [0.5, 0.6) is 0 Å². The summed E-state index contributed by atoms with van der Waals surface area (Å²) in [5.41, 5.74) is 0.901. The summed E-state index contributed by atoms with van der Waals surface area (Å²) in [6.45, 7) is 5.32. The van der Waals surface area contributed by atoms with Crippen LogP contribution in [0.2, 0.25) is 0 Å². The minimum absolute atomic E-state index is 0.362. The molecule has 0 aliphatic carbocycles. The van der Waals surface area contributed by atoms with E-state index in [1.165, 1.54) is 12.4 Å². The summed E-state index contributed by atoms with van der Waals surface area (Å²) in [5.74, 6) is 0. The molecule has 1 atom stereocenters. The number of benzene rings is 1. The Bertz CT molecular complexity index is 639. The van der Waals surface area contributed by atoms with Crippen molar-refractivity contribution < 1.29 is 14.6 Å². The lowest BCUT2D eigenvalue weighted by molar-refractivity contribution is 0.0635. The molecular weight excluding hydrogens is 282 g/mol. The highest BCUT2D eigenvalue weighted by molar-refractivity contribution is 5.85. The van der Waals surface area contributed by atoms with Gasteiger partial charge in [-0.2, -0.15) is 10.2 Å². The smallest absolute Gasteiger partial charge is 0.412 e. The van der Waals surface area contributed by atoms with Gasteiger partial charge < -0.3 is 9.84 Å². The van der Waals surface area contributed by atoms with Crippen molar-refractivity contribution in [2.75, 3.05) is 5.32 Å². The number of hydrogen-bond acceptors (Lipinski definition) is 5. The van der Waals surface area contributed by atoms with E-state index in [-0.39, 0.29) is 0 Å². The van der Waals surface area contributed by atoms with Crippen molar-refractivity contribution in [2.45, 2.75) is 32.5 Å². The number of ether oxygens (including phenoxy) is 1. The van der Waals surface area contributed by atoms with Crippen LogP contribution in [-0.4, -0.2) is 27.0 Å². The predicted octanol–water partition coefficient (Wildman–Crippen LogP) is 2.91. The molecule has 6 heteroatoms. The molecule has 0 aliphatic heterocycles. The molecule has 1 amide bonds. The van der Waals surface area contributed by atoms with Gasteiger partial charge in [-0.1, -0.05) is 30.3 Å². The van der Waals surface area contributed by atoms with Crippen molar-refractivity contribution in [1.82, 2.24) is 10.2 Å². The molecule has 1 aromatic carbocycles. The van der Waals surface area contributed by atoms with Gasteiger partial charge in [0.2, 0.25) is 0 Å². The normalized spacial score (nSPS) is 12.5. The average Bonchev–Trinajstić information content (AvgIpc) is 2.46. The maximum atomic E-state index is 11.9. The van der Waals surface area contributed by atoms with E-state index in [2.05, 4.69) is 15.5 Å². The second kappa shape index (κ2) is 6.53. The second-order valence-corrected chi connectivity index (χ2v) is 5.80. The molecule has 1 aromatic heterocycles. The third-order valence-corrected chi connectivity index (χ3v) is 2.81. The van der Waals surface area contributed by atoms with Crippen molar-refractivity contribution in [3.8, 4) is 0 Å². The van der Waals surface area contributed by atoms with E-state index in [0.717, 1.165) is 0 Å². The Hall–Kier alpha value is -2.47. The maximum Gasteiger partial charge on any atom is 0.412 e. The number of amides is 1. The number of nitrogens with zero attached hydrogens (tertiary/aromatic N) is 2. The lowest BCUT2D eigenvalue weighted by Crippen LogP contribution is -2.27. The van der Waals surface area contributed by atoms with Gasteiger partial charge in [0.05, 0.1) is 18.1 Å². The summed E-state index contributed by atoms with van der Waals surface area (Å²) in [6.07, 6.45) is 1.28. The number of nitrogens with one attached hydrogen (secondary N) is 1. The zero-order valence-corrected chi connectivity index (χ0v) is 12.8. The van der Waals surface area contributed by atoms with Gasteiger partial charge in [0.1, 0.15) is 11.7 Å². The molecule has 2 aromatic rings. The van der Waals surface area contributed by atoms with Gasteiger partial charge in [0.15, 0.2) is 0 Å². The Morgan fingerprint density at radius 2 is 1.82 bits per heavy atom. The highest BCUT2D eigenvalue weighted by Crippen LogP contribution is 2.27. The molecule has 2 rings (SSSR count). The number of hydrogen-bond donors (Lipinski definition) is 2. The average molecular weight is 301 g/mol. The Kier molecular flexibility index (Phi) is 4.72. The SMILES string of the molecule is CC(C)(C)OC(=O)Nc1cnncc1C(O)c1ccccc1. The molecule has 1 heterocycles. The zero-order valence-electron chi connectivity index (χ0n) is 12.8. The molecule has 0 aliphatic rings. The highest BCUT2D eigenvalue weighted by atomic mass is 16.6. The lowest BCUT2D eigenvalue weighted by atomic mass is 10.0. The van der Waals surface area contributed by atoms with Crippen LogP contribution < -0.4 is 5.32 Å². The second-order valence-electron chi connectivity index (χ2n) is 5.80. The number of aromatic nitrogens is 2. The third-order valence-electron chi connectivity index (χ3n) is 2.81. The number of anilines is 1. The van der Waals surface area contributed by atoms with Crippen LogP contribution in [0.15, 0.2) is 42.7 Å². The summed E-state index contributed by atoms with van der Waals surface area (Å²) in [7, 11) is 0. The highest BCUT2D eigenvalue weighted by Gasteiger charge is 2.20. The fourth-order valence-electron chi connectivity index (χ4n) is 1.88. The monoisotopic (exact) mass is 301 g/mol. The Labute approximate surface area is 129 Å². The van der Waals surface area contributed by atoms with E-state index in [1.807, 2.05) is 18.2 Å². The summed E-state index contributed by atoms with van der Waals surface area (Å²) < 4.78 is 5.20. The van der Waals surface area contributed by atoms with Crippen molar-refractivity contribution >= 4 is 11.8 Å². The fraction of sp³-hybridized carbons (Fsp3) is 0.312. The van der Waals surface area contributed by atoms with Gasteiger partial charge in [-0.3, -0.25) is 5.32 Å². The molecular formula is C16H19N3O3. The minimum atomic E-state index is -0.915. The quantitative estimate of drug-likeness (QED) is 0.910. The van der Waals surface area contributed by atoms with E-state index in [4.69, 9.17) is 4.74 Å². The molecule has 0 saturated carbocycles. The molecule has 1 unspecified atom stereocenters. The lowest BCUT2D eigenvalue weighted by Gasteiger charge is -2.21. The Morgan fingerprint density at radius 1 is 1.18 bits per heavy atom. The Morgan fingerprint density at radius 3 is 2.45 bits per heavy atom.